The van der Waals surface area contributed by atoms with Gasteiger partial charge in [-0.1, -0.05) is 30.3 Å². The number of carbonyl (C=O) groups excluding carboxylic acids is 1. The lowest BCUT2D eigenvalue weighted by molar-refractivity contribution is 0.193. The third-order valence-electron chi connectivity index (χ3n) is 5.09. The molecule has 2 aromatic carbocycles. The van der Waals surface area contributed by atoms with Crippen molar-refractivity contribution in [3.05, 3.63) is 66.0 Å². The van der Waals surface area contributed by atoms with Crippen molar-refractivity contribution in [3.8, 4) is 0 Å². The number of hydrogen-bond acceptors (Lipinski definition) is 2. The van der Waals surface area contributed by atoms with Gasteiger partial charge < -0.3 is 15.1 Å². The number of rotatable bonds is 3. The van der Waals surface area contributed by atoms with Crippen LogP contribution < -0.4 is 10.2 Å². The van der Waals surface area contributed by atoms with Crippen molar-refractivity contribution >= 4 is 11.7 Å². The van der Waals surface area contributed by atoms with Gasteiger partial charge in [-0.25, -0.2) is 9.18 Å². The second kappa shape index (κ2) is 6.75. The fraction of sp³-hybridized carbons (Fsp3) is 0.350. The van der Waals surface area contributed by atoms with Crippen LogP contribution in [0.15, 0.2) is 54.6 Å². The van der Waals surface area contributed by atoms with E-state index >= 15 is 0 Å². The molecule has 1 N–H and O–H groups in total. The lowest BCUT2D eigenvalue weighted by atomic mass is 10.1. The van der Waals surface area contributed by atoms with Gasteiger partial charge in [-0.3, -0.25) is 0 Å². The van der Waals surface area contributed by atoms with Crippen LogP contribution in [0.25, 0.3) is 0 Å². The maximum Gasteiger partial charge on any atom is 0.317 e. The van der Waals surface area contributed by atoms with E-state index in [1.165, 1.54) is 17.7 Å². The zero-order valence-corrected chi connectivity index (χ0v) is 14.1. The topological polar surface area (TPSA) is 35.6 Å². The lowest BCUT2D eigenvalue weighted by Crippen LogP contribution is -2.52. The number of hydrogen-bond donors (Lipinski definition) is 1. The summed E-state index contributed by atoms with van der Waals surface area (Å²) < 4.78 is 13.0. The molecular weight excluding hydrogens is 317 g/mol. The maximum atomic E-state index is 13.0. The van der Waals surface area contributed by atoms with Gasteiger partial charge in [-0.15, -0.1) is 0 Å². The van der Waals surface area contributed by atoms with Crippen LogP contribution >= 0.6 is 0 Å². The van der Waals surface area contributed by atoms with Gasteiger partial charge in [0.2, 0.25) is 0 Å². The second-order valence-corrected chi connectivity index (χ2v) is 6.76. The summed E-state index contributed by atoms with van der Waals surface area (Å²) in [6.45, 7) is 2.91. The first-order chi connectivity index (χ1) is 12.2. The molecule has 1 saturated heterocycles. The molecule has 0 radical (unpaired) electrons. The molecule has 4 nitrogen and oxygen atoms in total. The normalized spacial score (nSPS) is 22.6. The molecule has 2 aromatic rings. The van der Waals surface area contributed by atoms with E-state index < -0.39 is 0 Å². The molecule has 1 aliphatic carbocycles. The van der Waals surface area contributed by atoms with E-state index in [4.69, 9.17) is 0 Å². The fourth-order valence-electron chi connectivity index (χ4n) is 3.49. The summed E-state index contributed by atoms with van der Waals surface area (Å²) in [6, 6.07) is 17.2. The highest BCUT2D eigenvalue weighted by atomic mass is 19.1. The van der Waals surface area contributed by atoms with Crippen molar-refractivity contribution in [2.24, 2.45) is 0 Å². The van der Waals surface area contributed by atoms with E-state index in [1.54, 1.807) is 12.1 Å². The molecule has 2 aliphatic rings. The molecule has 1 saturated carbocycles. The number of benzene rings is 2. The largest absolute Gasteiger partial charge is 0.368 e. The van der Waals surface area contributed by atoms with Crippen molar-refractivity contribution < 1.29 is 9.18 Å². The molecule has 4 rings (SSSR count). The fourth-order valence-corrected chi connectivity index (χ4v) is 3.49. The molecule has 2 fully saturated rings. The van der Waals surface area contributed by atoms with E-state index in [2.05, 4.69) is 22.3 Å². The Balaban J connectivity index is 1.27. The molecule has 5 heteroatoms. The van der Waals surface area contributed by atoms with Gasteiger partial charge in [-0.2, -0.15) is 0 Å². The molecular formula is C20H22FN3O. The summed E-state index contributed by atoms with van der Waals surface area (Å²) >= 11 is 0. The van der Waals surface area contributed by atoms with Crippen LogP contribution in [-0.4, -0.2) is 43.2 Å². The van der Waals surface area contributed by atoms with E-state index in [1.807, 2.05) is 23.1 Å². The van der Waals surface area contributed by atoms with Gasteiger partial charge in [0.05, 0.1) is 0 Å². The highest BCUT2D eigenvalue weighted by Gasteiger charge is 2.40. The molecule has 25 heavy (non-hydrogen) atoms. The molecule has 2 atom stereocenters. The summed E-state index contributed by atoms with van der Waals surface area (Å²) in [5.74, 6) is 0.227. The molecule has 1 aliphatic heterocycles. The summed E-state index contributed by atoms with van der Waals surface area (Å²) in [5.41, 5.74) is 2.31. The molecule has 0 spiro atoms. The van der Waals surface area contributed by atoms with Crippen molar-refractivity contribution in [2.45, 2.75) is 18.4 Å². The molecule has 0 aromatic heterocycles. The Labute approximate surface area is 147 Å². The van der Waals surface area contributed by atoms with Crippen LogP contribution in [-0.2, 0) is 0 Å². The van der Waals surface area contributed by atoms with Crippen molar-refractivity contribution in [1.82, 2.24) is 10.2 Å². The quantitative estimate of drug-likeness (QED) is 0.932. The Morgan fingerprint density at radius 3 is 2.32 bits per heavy atom. The SMILES string of the molecule is O=C(NC1CC1c1ccccc1)N1CCN(c2ccc(F)cc2)CC1. The standard InChI is InChI=1S/C20H22FN3O/c21-16-6-8-17(9-7-16)23-10-12-24(13-11-23)20(25)22-19-14-18(19)15-4-2-1-3-5-15/h1-9,18-19H,10-14H2,(H,22,25). The highest BCUT2D eigenvalue weighted by molar-refractivity contribution is 5.75. The first-order valence-corrected chi connectivity index (χ1v) is 8.81. The van der Waals surface area contributed by atoms with Crippen molar-refractivity contribution in [1.29, 1.82) is 0 Å². The van der Waals surface area contributed by atoms with Crippen LogP contribution in [0.1, 0.15) is 17.9 Å². The Morgan fingerprint density at radius 2 is 1.64 bits per heavy atom. The number of carbonyl (C=O) groups is 1. The van der Waals surface area contributed by atoms with Crippen LogP contribution in [0.4, 0.5) is 14.9 Å². The average Bonchev–Trinajstić information content (AvgIpc) is 3.42. The van der Waals surface area contributed by atoms with Crippen LogP contribution in [0.3, 0.4) is 0 Å². The monoisotopic (exact) mass is 339 g/mol. The highest BCUT2D eigenvalue weighted by Crippen LogP contribution is 2.40. The summed E-state index contributed by atoms with van der Waals surface area (Å²) in [4.78, 5) is 16.5. The van der Waals surface area contributed by atoms with E-state index in [0.717, 1.165) is 25.2 Å². The lowest BCUT2D eigenvalue weighted by Gasteiger charge is -2.36. The molecule has 1 heterocycles. The minimum atomic E-state index is -0.223. The number of nitrogens with zero attached hydrogens (tertiary/aromatic N) is 2. The van der Waals surface area contributed by atoms with Gasteiger partial charge in [-0.05, 0) is 36.2 Å². The molecule has 2 unspecified atom stereocenters. The Kier molecular flexibility index (Phi) is 4.30. The van der Waals surface area contributed by atoms with E-state index in [0.29, 0.717) is 19.0 Å². The molecule has 130 valence electrons. The Hall–Kier alpha value is -2.56. The number of halogens is 1. The average molecular weight is 339 g/mol. The number of nitrogens with one attached hydrogen (secondary N) is 1. The van der Waals surface area contributed by atoms with Gasteiger partial charge in [0.15, 0.2) is 0 Å². The summed E-state index contributed by atoms with van der Waals surface area (Å²) in [6.07, 6.45) is 1.02. The first-order valence-electron chi connectivity index (χ1n) is 8.81. The zero-order valence-electron chi connectivity index (χ0n) is 14.1. The number of anilines is 1. The zero-order chi connectivity index (χ0) is 17.2. The van der Waals surface area contributed by atoms with Crippen LogP contribution in [0, 0.1) is 5.82 Å². The van der Waals surface area contributed by atoms with E-state index in [-0.39, 0.29) is 17.9 Å². The summed E-state index contributed by atoms with van der Waals surface area (Å²) in [7, 11) is 0. The number of urea groups is 1. The van der Waals surface area contributed by atoms with Gasteiger partial charge in [0.25, 0.3) is 0 Å². The molecule has 0 bridgehead atoms. The smallest absolute Gasteiger partial charge is 0.317 e. The minimum absolute atomic E-state index is 0.0298. The number of amides is 2. The Morgan fingerprint density at radius 1 is 0.960 bits per heavy atom. The predicted octanol–water partition coefficient (Wildman–Crippen LogP) is 3.21. The van der Waals surface area contributed by atoms with Gasteiger partial charge in [0, 0.05) is 43.8 Å². The predicted molar refractivity (Wildman–Crippen MR) is 96.3 cm³/mol. The Bertz CT molecular complexity index is 726. The number of piperazine rings is 1. The van der Waals surface area contributed by atoms with Gasteiger partial charge >= 0.3 is 6.03 Å². The molecule has 2 amide bonds. The van der Waals surface area contributed by atoms with Gasteiger partial charge in [0.1, 0.15) is 5.82 Å². The third kappa shape index (κ3) is 3.60. The van der Waals surface area contributed by atoms with E-state index in [9.17, 15) is 9.18 Å². The second-order valence-electron chi connectivity index (χ2n) is 6.76. The van der Waals surface area contributed by atoms with Crippen molar-refractivity contribution in [2.75, 3.05) is 31.1 Å². The first kappa shape index (κ1) is 15.9. The maximum absolute atomic E-state index is 13.0. The third-order valence-corrected chi connectivity index (χ3v) is 5.09. The van der Waals surface area contributed by atoms with Crippen LogP contribution in [0.2, 0.25) is 0 Å². The minimum Gasteiger partial charge on any atom is -0.368 e. The van der Waals surface area contributed by atoms with Crippen LogP contribution in [0.5, 0.6) is 0 Å². The van der Waals surface area contributed by atoms with Crippen molar-refractivity contribution in [3.63, 3.8) is 0 Å². The summed E-state index contributed by atoms with van der Waals surface area (Å²) in [5, 5.41) is 3.15.